The lowest BCUT2D eigenvalue weighted by Crippen LogP contribution is -2.05. The van der Waals surface area contributed by atoms with Crippen LogP contribution < -0.4 is 4.74 Å². The number of benzene rings is 2. The van der Waals surface area contributed by atoms with E-state index in [0.29, 0.717) is 18.4 Å². The summed E-state index contributed by atoms with van der Waals surface area (Å²) in [7, 11) is 0. The SMILES string of the molecule is CCOc1ccc(C(C)C)c(Cc2cc(C)cc(C)c2C(C)C)c1. The molecule has 0 spiro atoms. The second-order valence-electron chi connectivity index (χ2n) is 7.43. The fourth-order valence-corrected chi connectivity index (χ4v) is 3.80. The Morgan fingerprint density at radius 3 is 2.17 bits per heavy atom. The minimum atomic E-state index is 0.518. The second-order valence-corrected chi connectivity index (χ2v) is 7.43. The highest BCUT2D eigenvalue weighted by molar-refractivity contribution is 5.46. The van der Waals surface area contributed by atoms with Gasteiger partial charge in [-0.1, -0.05) is 51.5 Å². The van der Waals surface area contributed by atoms with Crippen molar-refractivity contribution in [2.45, 2.75) is 66.7 Å². The van der Waals surface area contributed by atoms with Crippen molar-refractivity contribution in [1.29, 1.82) is 0 Å². The van der Waals surface area contributed by atoms with Crippen molar-refractivity contribution >= 4 is 0 Å². The monoisotopic (exact) mass is 324 g/mol. The van der Waals surface area contributed by atoms with Crippen molar-refractivity contribution < 1.29 is 4.74 Å². The summed E-state index contributed by atoms with van der Waals surface area (Å²) in [6.07, 6.45) is 0.977. The maximum absolute atomic E-state index is 5.74. The zero-order valence-electron chi connectivity index (χ0n) is 16.4. The van der Waals surface area contributed by atoms with Crippen LogP contribution in [0.4, 0.5) is 0 Å². The predicted molar refractivity (Wildman–Crippen MR) is 105 cm³/mol. The van der Waals surface area contributed by atoms with Crippen LogP contribution in [0.25, 0.3) is 0 Å². The number of aryl methyl sites for hydroxylation is 2. The Bertz CT molecular complexity index is 695. The molecule has 0 aliphatic rings. The Hall–Kier alpha value is -1.76. The number of ether oxygens (including phenoxy) is 1. The predicted octanol–water partition coefficient (Wildman–Crippen LogP) is 6.54. The molecule has 0 aliphatic heterocycles. The Morgan fingerprint density at radius 2 is 1.58 bits per heavy atom. The third-order valence-corrected chi connectivity index (χ3v) is 4.62. The zero-order valence-corrected chi connectivity index (χ0v) is 16.4. The topological polar surface area (TPSA) is 9.23 Å². The number of rotatable bonds is 6. The highest BCUT2D eigenvalue weighted by Crippen LogP contribution is 2.31. The molecule has 0 saturated carbocycles. The summed E-state index contributed by atoms with van der Waals surface area (Å²) in [5.74, 6) is 2.04. The molecule has 2 rings (SSSR count). The van der Waals surface area contributed by atoms with Gasteiger partial charge in [0.2, 0.25) is 0 Å². The quantitative estimate of drug-likeness (QED) is 0.586. The van der Waals surface area contributed by atoms with Crippen LogP contribution in [-0.4, -0.2) is 6.61 Å². The van der Waals surface area contributed by atoms with E-state index >= 15 is 0 Å². The van der Waals surface area contributed by atoms with Gasteiger partial charge in [0.05, 0.1) is 6.61 Å². The normalized spacial score (nSPS) is 11.4. The Kier molecular flexibility index (Phi) is 6.10. The first-order valence-corrected chi connectivity index (χ1v) is 9.19. The van der Waals surface area contributed by atoms with Gasteiger partial charge in [0.15, 0.2) is 0 Å². The second kappa shape index (κ2) is 7.88. The van der Waals surface area contributed by atoms with E-state index < -0.39 is 0 Å². The van der Waals surface area contributed by atoms with Crippen LogP contribution in [0.1, 0.15) is 79.8 Å². The highest BCUT2D eigenvalue weighted by atomic mass is 16.5. The summed E-state index contributed by atoms with van der Waals surface area (Å²) in [6, 6.07) is 11.2. The molecule has 0 saturated heterocycles. The van der Waals surface area contributed by atoms with Gasteiger partial charge in [-0.05, 0) is 79.0 Å². The van der Waals surface area contributed by atoms with E-state index in [2.05, 4.69) is 71.9 Å². The molecule has 0 atom stereocenters. The van der Waals surface area contributed by atoms with Gasteiger partial charge < -0.3 is 4.74 Å². The molecule has 24 heavy (non-hydrogen) atoms. The molecule has 1 heteroatoms. The van der Waals surface area contributed by atoms with E-state index in [1.54, 1.807) is 0 Å². The Balaban J connectivity index is 2.52. The van der Waals surface area contributed by atoms with Crippen molar-refractivity contribution in [2.75, 3.05) is 6.61 Å². The van der Waals surface area contributed by atoms with E-state index in [4.69, 9.17) is 4.74 Å². The zero-order chi connectivity index (χ0) is 17.9. The minimum absolute atomic E-state index is 0.518. The average molecular weight is 325 g/mol. The van der Waals surface area contributed by atoms with Crippen LogP contribution in [0.5, 0.6) is 5.75 Å². The lowest BCUT2D eigenvalue weighted by molar-refractivity contribution is 0.340. The molecule has 0 amide bonds. The molecule has 1 nitrogen and oxygen atoms in total. The summed E-state index contributed by atoms with van der Waals surface area (Å²) in [5.41, 5.74) is 8.52. The minimum Gasteiger partial charge on any atom is -0.494 e. The highest BCUT2D eigenvalue weighted by Gasteiger charge is 2.15. The fourth-order valence-electron chi connectivity index (χ4n) is 3.80. The van der Waals surface area contributed by atoms with Gasteiger partial charge in [0.25, 0.3) is 0 Å². The lowest BCUT2D eigenvalue weighted by atomic mass is 9.85. The molecule has 0 heterocycles. The van der Waals surface area contributed by atoms with E-state index in [9.17, 15) is 0 Å². The van der Waals surface area contributed by atoms with Crippen LogP contribution in [0.15, 0.2) is 30.3 Å². The van der Waals surface area contributed by atoms with Gasteiger partial charge in [-0.2, -0.15) is 0 Å². The van der Waals surface area contributed by atoms with Gasteiger partial charge in [-0.25, -0.2) is 0 Å². The van der Waals surface area contributed by atoms with E-state index in [-0.39, 0.29) is 0 Å². The first kappa shape index (κ1) is 18.6. The molecule has 0 aromatic heterocycles. The largest absolute Gasteiger partial charge is 0.494 e. The first-order valence-electron chi connectivity index (χ1n) is 9.19. The Labute approximate surface area is 148 Å². The van der Waals surface area contributed by atoms with E-state index in [0.717, 1.165) is 12.2 Å². The van der Waals surface area contributed by atoms with Crippen molar-refractivity contribution in [1.82, 2.24) is 0 Å². The van der Waals surface area contributed by atoms with E-state index in [1.807, 2.05) is 6.92 Å². The molecule has 0 unspecified atom stereocenters. The van der Waals surface area contributed by atoms with Crippen molar-refractivity contribution in [3.63, 3.8) is 0 Å². The maximum Gasteiger partial charge on any atom is 0.119 e. The molecule has 130 valence electrons. The summed E-state index contributed by atoms with van der Waals surface area (Å²) < 4.78 is 5.74. The average Bonchev–Trinajstić information content (AvgIpc) is 2.46. The standard InChI is InChI=1S/C23H32O/c1-8-24-21-9-10-22(15(2)3)19(14-21)13-20-12-17(6)11-18(7)23(20)16(4)5/h9-12,14-16H,8,13H2,1-7H3. The first-order chi connectivity index (χ1) is 11.3. The number of hydrogen-bond acceptors (Lipinski definition) is 1. The summed E-state index contributed by atoms with van der Waals surface area (Å²) in [4.78, 5) is 0. The molecule has 2 aromatic rings. The van der Waals surface area contributed by atoms with Gasteiger partial charge in [-0.3, -0.25) is 0 Å². The van der Waals surface area contributed by atoms with Crippen molar-refractivity contribution in [3.8, 4) is 5.75 Å². The van der Waals surface area contributed by atoms with Crippen molar-refractivity contribution in [2.24, 2.45) is 0 Å². The number of hydrogen-bond donors (Lipinski definition) is 0. The third-order valence-electron chi connectivity index (χ3n) is 4.62. The van der Waals surface area contributed by atoms with Gasteiger partial charge in [0, 0.05) is 0 Å². The molecular formula is C23H32O. The van der Waals surface area contributed by atoms with Crippen LogP contribution in [0.2, 0.25) is 0 Å². The Morgan fingerprint density at radius 1 is 0.875 bits per heavy atom. The van der Waals surface area contributed by atoms with Crippen LogP contribution in [0, 0.1) is 13.8 Å². The third kappa shape index (κ3) is 4.20. The smallest absolute Gasteiger partial charge is 0.119 e. The summed E-state index contributed by atoms with van der Waals surface area (Å²) in [6.45, 7) is 16.3. The molecule has 0 aliphatic carbocycles. The molecule has 0 N–H and O–H groups in total. The molecule has 0 radical (unpaired) electrons. The molecular weight excluding hydrogens is 292 g/mol. The summed E-state index contributed by atoms with van der Waals surface area (Å²) in [5, 5.41) is 0. The molecule has 0 fully saturated rings. The molecule has 2 aromatic carbocycles. The molecule has 0 bridgehead atoms. The van der Waals surface area contributed by atoms with Crippen LogP contribution in [-0.2, 0) is 6.42 Å². The maximum atomic E-state index is 5.74. The van der Waals surface area contributed by atoms with Gasteiger partial charge >= 0.3 is 0 Å². The van der Waals surface area contributed by atoms with Crippen molar-refractivity contribution in [3.05, 3.63) is 63.7 Å². The van der Waals surface area contributed by atoms with E-state index in [1.165, 1.54) is 33.4 Å². The lowest BCUT2D eigenvalue weighted by Gasteiger charge is -2.20. The van der Waals surface area contributed by atoms with Gasteiger partial charge in [0.1, 0.15) is 5.75 Å². The van der Waals surface area contributed by atoms with Gasteiger partial charge in [-0.15, -0.1) is 0 Å². The summed E-state index contributed by atoms with van der Waals surface area (Å²) >= 11 is 0. The van der Waals surface area contributed by atoms with Crippen LogP contribution in [0.3, 0.4) is 0 Å². The van der Waals surface area contributed by atoms with Crippen LogP contribution >= 0.6 is 0 Å². The fraction of sp³-hybridized carbons (Fsp3) is 0.478.